The van der Waals surface area contributed by atoms with Crippen LogP contribution < -0.4 is 10.5 Å². The molecule has 1 aromatic carbocycles. The summed E-state index contributed by atoms with van der Waals surface area (Å²) < 4.78 is 11.7. The number of methoxy groups -OCH3 is 1. The van der Waals surface area contributed by atoms with E-state index in [0.717, 1.165) is 22.2 Å². The summed E-state index contributed by atoms with van der Waals surface area (Å²) in [6, 6.07) is 9.81. The lowest BCUT2D eigenvalue weighted by Crippen LogP contribution is -2.01. The molecule has 1 heterocycles. The zero-order chi connectivity index (χ0) is 14.4. The molecular weight excluding hydrogens is 320 g/mol. The van der Waals surface area contributed by atoms with Gasteiger partial charge in [0.2, 0.25) is 5.88 Å². The standard InChI is InChI=1S/C15H17BrN2O2/c1-19-7-6-11-2-4-14(5-3-11)20-15-12(9-17)8-13(16)10-18-15/h2-5,8,10H,6-7,9,17H2,1H3. The Morgan fingerprint density at radius 1 is 1.25 bits per heavy atom. The van der Waals surface area contributed by atoms with E-state index in [4.69, 9.17) is 15.2 Å². The van der Waals surface area contributed by atoms with Crippen molar-refractivity contribution in [3.05, 3.63) is 52.1 Å². The third-order valence-electron chi connectivity index (χ3n) is 2.84. The molecule has 0 aliphatic rings. The summed E-state index contributed by atoms with van der Waals surface area (Å²) in [5.41, 5.74) is 7.77. The Kier molecular flexibility index (Phi) is 5.52. The van der Waals surface area contributed by atoms with Gasteiger partial charge in [0.1, 0.15) is 5.75 Å². The van der Waals surface area contributed by atoms with Gasteiger partial charge in [-0.1, -0.05) is 12.1 Å². The predicted octanol–water partition coefficient (Wildman–Crippen LogP) is 3.28. The molecule has 0 atom stereocenters. The molecule has 0 saturated carbocycles. The van der Waals surface area contributed by atoms with Crippen LogP contribution in [-0.2, 0) is 17.7 Å². The number of benzene rings is 1. The monoisotopic (exact) mass is 336 g/mol. The zero-order valence-electron chi connectivity index (χ0n) is 11.3. The smallest absolute Gasteiger partial charge is 0.223 e. The molecule has 0 saturated heterocycles. The molecule has 2 N–H and O–H groups in total. The molecule has 0 spiro atoms. The Balaban J connectivity index is 2.10. The second kappa shape index (κ2) is 7.38. The lowest BCUT2D eigenvalue weighted by Gasteiger charge is -2.09. The Hall–Kier alpha value is -1.43. The van der Waals surface area contributed by atoms with E-state index in [1.54, 1.807) is 13.3 Å². The van der Waals surface area contributed by atoms with E-state index < -0.39 is 0 Å². The van der Waals surface area contributed by atoms with Crippen molar-refractivity contribution in [3.8, 4) is 11.6 Å². The topological polar surface area (TPSA) is 57.4 Å². The van der Waals surface area contributed by atoms with E-state index in [1.807, 2.05) is 30.3 Å². The second-order valence-corrected chi connectivity index (χ2v) is 5.23. The molecule has 4 nitrogen and oxygen atoms in total. The maximum Gasteiger partial charge on any atom is 0.223 e. The van der Waals surface area contributed by atoms with Crippen LogP contribution in [0.1, 0.15) is 11.1 Å². The molecule has 2 aromatic rings. The third kappa shape index (κ3) is 4.03. The van der Waals surface area contributed by atoms with Crippen LogP contribution in [0.25, 0.3) is 0 Å². The van der Waals surface area contributed by atoms with Crippen molar-refractivity contribution in [1.82, 2.24) is 4.98 Å². The van der Waals surface area contributed by atoms with Gasteiger partial charge in [0.25, 0.3) is 0 Å². The number of ether oxygens (including phenoxy) is 2. The summed E-state index contributed by atoms with van der Waals surface area (Å²) in [5.74, 6) is 1.29. The average molecular weight is 337 g/mol. The Morgan fingerprint density at radius 2 is 2.00 bits per heavy atom. The Labute approximate surface area is 127 Å². The average Bonchev–Trinajstić information content (AvgIpc) is 2.48. The van der Waals surface area contributed by atoms with Crippen molar-refractivity contribution >= 4 is 15.9 Å². The molecule has 0 amide bonds. The first-order valence-electron chi connectivity index (χ1n) is 6.33. The van der Waals surface area contributed by atoms with Gasteiger partial charge in [0, 0.05) is 29.9 Å². The van der Waals surface area contributed by atoms with Gasteiger partial charge >= 0.3 is 0 Å². The molecule has 0 aliphatic heterocycles. The summed E-state index contributed by atoms with van der Waals surface area (Å²) in [6.07, 6.45) is 2.59. The first-order chi connectivity index (χ1) is 9.72. The number of aromatic nitrogens is 1. The highest BCUT2D eigenvalue weighted by Crippen LogP contribution is 2.25. The van der Waals surface area contributed by atoms with Crippen molar-refractivity contribution in [2.24, 2.45) is 5.73 Å². The van der Waals surface area contributed by atoms with Crippen molar-refractivity contribution in [3.63, 3.8) is 0 Å². The van der Waals surface area contributed by atoms with Gasteiger partial charge in [0.05, 0.1) is 6.61 Å². The maximum absolute atomic E-state index is 5.77. The van der Waals surface area contributed by atoms with Crippen molar-refractivity contribution in [1.29, 1.82) is 0 Å². The van der Waals surface area contributed by atoms with Gasteiger partial charge in [-0.25, -0.2) is 4.98 Å². The number of nitrogens with zero attached hydrogens (tertiary/aromatic N) is 1. The van der Waals surface area contributed by atoms with Crippen molar-refractivity contribution in [2.75, 3.05) is 13.7 Å². The molecule has 0 fully saturated rings. The number of nitrogens with two attached hydrogens (primary N) is 1. The van der Waals surface area contributed by atoms with Crippen molar-refractivity contribution < 1.29 is 9.47 Å². The SMILES string of the molecule is COCCc1ccc(Oc2ncc(Br)cc2CN)cc1. The zero-order valence-corrected chi connectivity index (χ0v) is 12.9. The minimum absolute atomic E-state index is 0.383. The van der Waals surface area contributed by atoms with Gasteiger partial charge in [-0.2, -0.15) is 0 Å². The summed E-state index contributed by atoms with van der Waals surface area (Å²) in [4.78, 5) is 4.25. The van der Waals surface area contributed by atoms with Crippen LogP contribution in [0.3, 0.4) is 0 Å². The molecule has 1 aromatic heterocycles. The number of rotatable bonds is 6. The normalized spacial score (nSPS) is 10.6. The van der Waals surface area contributed by atoms with Crippen LogP contribution in [0.2, 0.25) is 0 Å². The molecule has 0 aliphatic carbocycles. The van der Waals surface area contributed by atoms with Gasteiger partial charge in [-0.15, -0.1) is 0 Å². The van der Waals surface area contributed by atoms with Crippen LogP contribution in [0, 0.1) is 0 Å². The van der Waals surface area contributed by atoms with E-state index in [9.17, 15) is 0 Å². The summed E-state index contributed by atoms with van der Waals surface area (Å²) in [6.45, 7) is 1.10. The number of hydrogen-bond acceptors (Lipinski definition) is 4. The van der Waals surface area contributed by atoms with Crippen LogP contribution in [-0.4, -0.2) is 18.7 Å². The molecule has 0 bridgehead atoms. The Morgan fingerprint density at radius 3 is 2.65 bits per heavy atom. The maximum atomic E-state index is 5.77. The first kappa shape index (κ1) is 15.0. The largest absolute Gasteiger partial charge is 0.439 e. The molecule has 106 valence electrons. The third-order valence-corrected chi connectivity index (χ3v) is 3.28. The Bertz CT molecular complexity index is 558. The molecular formula is C15H17BrN2O2. The summed E-state index contributed by atoms with van der Waals surface area (Å²) >= 11 is 3.37. The highest BCUT2D eigenvalue weighted by Gasteiger charge is 2.06. The molecule has 5 heteroatoms. The van der Waals surface area contributed by atoms with Gasteiger partial charge in [0.15, 0.2) is 0 Å². The summed E-state index contributed by atoms with van der Waals surface area (Å²) in [7, 11) is 1.70. The molecule has 0 radical (unpaired) electrons. The molecule has 0 unspecified atom stereocenters. The predicted molar refractivity (Wildman–Crippen MR) is 81.9 cm³/mol. The molecule has 2 rings (SSSR count). The second-order valence-electron chi connectivity index (χ2n) is 4.31. The van der Waals surface area contributed by atoms with E-state index in [0.29, 0.717) is 19.0 Å². The van der Waals surface area contributed by atoms with Crippen LogP contribution in [0.15, 0.2) is 41.0 Å². The lowest BCUT2D eigenvalue weighted by atomic mass is 10.1. The number of hydrogen-bond donors (Lipinski definition) is 1. The lowest BCUT2D eigenvalue weighted by molar-refractivity contribution is 0.202. The quantitative estimate of drug-likeness (QED) is 0.879. The highest BCUT2D eigenvalue weighted by atomic mass is 79.9. The number of pyridine rings is 1. The minimum Gasteiger partial charge on any atom is -0.439 e. The van der Waals surface area contributed by atoms with E-state index in [1.165, 1.54) is 5.56 Å². The van der Waals surface area contributed by atoms with Crippen LogP contribution in [0.5, 0.6) is 11.6 Å². The van der Waals surface area contributed by atoms with Crippen LogP contribution >= 0.6 is 15.9 Å². The van der Waals surface area contributed by atoms with Gasteiger partial charge in [-0.3, -0.25) is 0 Å². The molecule has 20 heavy (non-hydrogen) atoms. The number of halogens is 1. The van der Waals surface area contributed by atoms with E-state index in [2.05, 4.69) is 20.9 Å². The first-order valence-corrected chi connectivity index (χ1v) is 7.12. The minimum atomic E-state index is 0.383. The van der Waals surface area contributed by atoms with E-state index in [-0.39, 0.29) is 0 Å². The van der Waals surface area contributed by atoms with Crippen molar-refractivity contribution in [2.45, 2.75) is 13.0 Å². The van der Waals surface area contributed by atoms with Crippen LogP contribution in [0.4, 0.5) is 0 Å². The fraction of sp³-hybridized carbons (Fsp3) is 0.267. The fourth-order valence-electron chi connectivity index (χ4n) is 1.76. The van der Waals surface area contributed by atoms with Gasteiger partial charge < -0.3 is 15.2 Å². The fourth-order valence-corrected chi connectivity index (χ4v) is 2.14. The highest BCUT2D eigenvalue weighted by molar-refractivity contribution is 9.10. The summed E-state index contributed by atoms with van der Waals surface area (Å²) in [5, 5.41) is 0. The van der Waals surface area contributed by atoms with Gasteiger partial charge in [-0.05, 0) is 46.1 Å². The van der Waals surface area contributed by atoms with E-state index >= 15 is 0 Å².